The van der Waals surface area contributed by atoms with E-state index in [9.17, 15) is 5.11 Å². The Morgan fingerprint density at radius 3 is 2.16 bits per heavy atom. The first-order valence-electron chi connectivity index (χ1n) is 8.25. The highest BCUT2D eigenvalue weighted by Gasteiger charge is 2.31. The van der Waals surface area contributed by atoms with Gasteiger partial charge in [0.25, 0.3) is 0 Å². The maximum absolute atomic E-state index is 9.96. The largest absolute Gasteiger partial charge is 0.390 e. The number of hydrogen-bond acceptors (Lipinski definition) is 2. The van der Waals surface area contributed by atoms with Crippen LogP contribution in [0.25, 0.3) is 0 Å². The van der Waals surface area contributed by atoms with E-state index in [0.29, 0.717) is 0 Å². The molecule has 0 radical (unpaired) electrons. The minimum atomic E-state index is -0.400. The lowest BCUT2D eigenvalue weighted by molar-refractivity contribution is -0.0715. The highest BCUT2D eigenvalue weighted by Crippen LogP contribution is 2.36. The van der Waals surface area contributed by atoms with Crippen molar-refractivity contribution < 1.29 is 9.84 Å². The molecule has 0 bridgehead atoms. The average Bonchev–Trinajstić information content (AvgIpc) is 2.36. The van der Waals surface area contributed by atoms with Gasteiger partial charge < -0.3 is 9.84 Å². The highest BCUT2D eigenvalue weighted by molar-refractivity contribution is 4.83. The number of rotatable bonds is 4. The molecule has 0 amide bonds. The fraction of sp³-hybridized carbons (Fsp3) is 1.00. The summed E-state index contributed by atoms with van der Waals surface area (Å²) in [5, 5.41) is 9.96. The van der Waals surface area contributed by atoms with Crippen LogP contribution in [0.2, 0.25) is 0 Å². The van der Waals surface area contributed by atoms with Gasteiger partial charge >= 0.3 is 0 Å². The molecule has 0 unspecified atom stereocenters. The Balaban J connectivity index is 1.64. The zero-order valence-electron chi connectivity index (χ0n) is 13.1. The molecule has 2 aliphatic carbocycles. The van der Waals surface area contributed by atoms with E-state index in [2.05, 4.69) is 13.8 Å². The van der Waals surface area contributed by atoms with Crippen LogP contribution in [0.1, 0.15) is 78.6 Å². The predicted molar refractivity (Wildman–Crippen MR) is 79.2 cm³/mol. The third-order valence-electron chi connectivity index (χ3n) is 5.49. The Bertz CT molecular complexity index is 267. The Labute approximate surface area is 118 Å². The Morgan fingerprint density at radius 1 is 1.00 bits per heavy atom. The Kier molecular flexibility index (Phi) is 4.94. The van der Waals surface area contributed by atoms with Crippen molar-refractivity contribution in [2.75, 3.05) is 6.61 Å². The van der Waals surface area contributed by atoms with E-state index < -0.39 is 5.60 Å². The van der Waals surface area contributed by atoms with Crippen LogP contribution in [-0.4, -0.2) is 22.9 Å². The molecule has 0 aliphatic heterocycles. The van der Waals surface area contributed by atoms with Crippen LogP contribution in [0.4, 0.5) is 0 Å². The van der Waals surface area contributed by atoms with Gasteiger partial charge in [-0.2, -0.15) is 0 Å². The summed E-state index contributed by atoms with van der Waals surface area (Å²) in [5.74, 6) is 1.66. The number of hydrogen-bond donors (Lipinski definition) is 1. The van der Waals surface area contributed by atoms with Crippen LogP contribution in [-0.2, 0) is 4.74 Å². The molecule has 1 N–H and O–H groups in total. The Hall–Kier alpha value is -0.0800. The fourth-order valence-electron chi connectivity index (χ4n) is 3.58. The molecule has 0 aromatic carbocycles. The van der Waals surface area contributed by atoms with Gasteiger partial charge in [-0.3, -0.25) is 0 Å². The smallest absolute Gasteiger partial charge is 0.0654 e. The molecule has 0 atom stereocenters. The third kappa shape index (κ3) is 4.75. The quantitative estimate of drug-likeness (QED) is 0.823. The first-order valence-corrected chi connectivity index (χ1v) is 8.25. The van der Waals surface area contributed by atoms with Crippen LogP contribution in [0, 0.1) is 11.8 Å². The molecule has 112 valence electrons. The maximum Gasteiger partial charge on any atom is 0.0654 e. The second-order valence-electron chi connectivity index (χ2n) is 7.71. The van der Waals surface area contributed by atoms with Crippen molar-refractivity contribution in [2.45, 2.75) is 89.8 Å². The van der Waals surface area contributed by atoms with E-state index in [4.69, 9.17) is 4.74 Å². The molecule has 2 rings (SSSR count). The van der Waals surface area contributed by atoms with Crippen molar-refractivity contribution in [3.63, 3.8) is 0 Å². The van der Waals surface area contributed by atoms with Gasteiger partial charge in [0.2, 0.25) is 0 Å². The van der Waals surface area contributed by atoms with Crippen LogP contribution >= 0.6 is 0 Å². The normalized spacial score (nSPS) is 44.2. The van der Waals surface area contributed by atoms with E-state index in [0.717, 1.165) is 31.3 Å². The topological polar surface area (TPSA) is 29.5 Å². The molecule has 0 spiro atoms. The molecule has 2 fully saturated rings. The maximum atomic E-state index is 9.96. The van der Waals surface area contributed by atoms with Crippen molar-refractivity contribution in [3.05, 3.63) is 0 Å². The first kappa shape index (κ1) is 15.3. The van der Waals surface area contributed by atoms with Crippen molar-refractivity contribution in [3.8, 4) is 0 Å². The average molecular weight is 268 g/mol. The third-order valence-corrected chi connectivity index (χ3v) is 5.49. The lowest BCUT2D eigenvalue weighted by atomic mass is 9.78. The lowest BCUT2D eigenvalue weighted by Crippen LogP contribution is -2.35. The monoisotopic (exact) mass is 268 g/mol. The van der Waals surface area contributed by atoms with Gasteiger partial charge in [-0.1, -0.05) is 6.92 Å². The van der Waals surface area contributed by atoms with Crippen molar-refractivity contribution >= 4 is 0 Å². The van der Waals surface area contributed by atoms with Crippen molar-refractivity contribution in [1.29, 1.82) is 0 Å². The summed E-state index contributed by atoms with van der Waals surface area (Å²) in [7, 11) is 0. The van der Waals surface area contributed by atoms with Gasteiger partial charge in [0, 0.05) is 6.61 Å². The summed E-state index contributed by atoms with van der Waals surface area (Å²) in [6, 6.07) is 0. The van der Waals surface area contributed by atoms with Gasteiger partial charge in [-0.05, 0) is 83.5 Å². The molecule has 0 aromatic rings. The second kappa shape index (κ2) is 6.13. The molecule has 2 heteroatoms. The van der Waals surface area contributed by atoms with Crippen LogP contribution in [0.15, 0.2) is 0 Å². The van der Waals surface area contributed by atoms with E-state index >= 15 is 0 Å². The Morgan fingerprint density at radius 2 is 1.58 bits per heavy atom. The van der Waals surface area contributed by atoms with Gasteiger partial charge in [-0.15, -0.1) is 0 Å². The van der Waals surface area contributed by atoms with E-state index in [1.54, 1.807) is 0 Å². The van der Waals surface area contributed by atoms with Crippen LogP contribution in [0.5, 0.6) is 0 Å². The second-order valence-corrected chi connectivity index (χ2v) is 7.71. The minimum Gasteiger partial charge on any atom is -0.390 e. The molecular weight excluding hydrogens is 236 g/mol. The summed E-state index contributed by atoms with van der Waals surface area (Å²) in [4.78, 5) is 0. The summed E-state index contributed by atoms with van der Waals surface area (Å²) in [5.41, 5.74) is -0.254. The van der Waals surface area contributed by atoms with Gasteiger partial charge in [-0.25, -0.2) is 0 Å². The minimum absolute atomic E-state index is 0.146. The molecule has 2 saturated carbocycles. The fourth-order valence-corrected chi connectivity index (χ4v) is 3.58. The first-order chi connectivity index (χ1) is 8.89. The van der Waals surface area contributed by atoms with E-state index in [1.165, 1.54) is 44.9 Å². The number of ether oxygens (including phenoxy) is 1. The summed E-state index contributed by atoms with van der Waals surface area (Å²) < 4.78 is 6.21. The lowest BCUT2D eigenvalue weighted by Gasteiger charge is -2.37. The molecule has 2 nitrogen and oxygen atoms in total. The van der Waals surface area contributed by atoms with Gasteiger partial charge in [0.15, 0.2) is 0 Å². The van der Waals surface area contributed by atoms with Crippen molar-refractivity contribution in [2.24, 2.45) is 11.8 Å². The van der Waals surface area contributed by atoms with E-state index in [1.807, 2.05) is 6.92 Å². The zero-order chi connectivity index (χ0) is 13.9. The summed E-state index contributed by atoms with van der Waals surface area (Å²) in [6.07, 6.45) is 10.6. The standard InChI is InChI=1S/C17H32O2/c1-14-4-11-17(3,12-5-14)19-13-8-15-6-9-16(2,18)10-7-15/h14-15,18H,4-13H2,1-3H3. The van der Waals surface area contributed by atoms with Crippen LogP contribution in [0.3, 0.4) is 0 Å². The van der Waals surface area contributed by atoms with Crippen molar-refractivity contribution in [1.82, 2.24) is 0 Å². The highest BCUT2D eigenvalue weighted by atomic mass is 16.5. The summed E-state index contributed by atoms with van der Waals surface area (Å²) >= 11 is 0. The molecular formula is C17H32O2. The SMILES string of the molecule is CC1CCC(C)(OCCC2CCC(C)(O)CC2)CC1. The summed E-state index contributed by atoms with van der Waals surface area (Å²) in [6.45, 7) is 7.54. The van der Waals surface area contributed by atoms with E-state index in [-0.39, 0.29) is 5.60 Å². The molecule has 0 saturated heterocycles. The van der Waals surface area contributed by atoms with Gasteiger partial charge in [0.1, 0.15) is 0 Å². The zero-order valence-corrected chi connectivity index (χ0v) is 13.1. The van der Waals surface area contributed by atoms with Gasteiger partial charge in [0.05, 0.1) is 11.2 Å². The molecule has 0 heterocycles. The molecule has 2 aliphatic rings. The molecule has 0 aromatic heterocycles. The molecule has 19 heavy (non-hydrogen) atoms. The number of aliphatic hydroxyl groups is 1. The van der Waals surface area contributed by atoms with Crippen LogP contribution < -0.4 is 0 Å². The predicted octanol–water partition coefficient (Wildman–Crippen LogP) is 4.30.